The molecule has 1 aliphatic carbocycles. The minimum Gasteiger partial charge on any atom is -0.478 e. The third-order valence-corrected chi connectivity index (χ3v) is 3.06. The Kier molecular flexibility index (Phi) is 4.34. The molecular weight excluding hydrogens is 263 g/mol. The van der Waals surface area contributed by atoms with Crippen LogP contribution in [0.1, 0.15) is 29.6 Å². The van der Waals surface area contributed by atoms with E-state index in [1.54, 1.807) is 0 Å². The summed E-state index contributed by atoms with van der Waals surface area (Å²) in [6.45, 7) is 0. The Bertz CT molecular complexity index is 557. The van der Waals surface area contributed by atoms with Gasteiger partial charge in [-0.05, 0) is 37.5 Å². The smallest absolute Gasteiger partial charge is 0.337 e. The Balaban J connectivity index is 2.03. The summed E-state index contributed by atoms with van der Waals surface area (Å²) in [7, 11) is 0. The molecule has 0 heterocycles. The minimum absolute atomic E-state index is 0.0359. The number of carboxylic acids is 1. The quantitative estimate of drug-likeness (QED) is 0.744. The first-order chi connectivity index (χ1) is 9.56. The van der Waals surface area contributed by atoms with Crippen LogP contribution in [-0.4, -0.2) is 23.1 Å². The van der Waals surface area contributed by atoms with E-state index in [4.69, 9.17) is 5.11 Å². The number of benzene rings is 1. The largest absolute Gasteiger partial charge is 0.478 e. The van der Waals surface area contributed by atoms with Crippen molar-refractivity contribution < 1.29 is 19.1 Å². The van der Waals surface area contributed by atoms with Crippen molar-refractivity contribution in [2.75, 3.05) is 5.32 Å². The molecule has 0 aliphatic heterocycles. The van der Waals surface area contributed by atoms with Crippen LogP contribution in [0.4, 0.5) is 14.9 Å². The molecule has 0 radical (unpaired) electrons. The normalized spacial score (nSPS) is 17.6. The van der Waals surface area contributed by atoms with E-state index >= 15 is 0 Å². The number of rotatable bonds is 3. The van der Waals surface area contributed by atoms with Crippen molar-refractivity contribution in [1.82, 2.24) is 5.32 Å². The maximum absolute atomic E-state index is 13.0. The van der Waals surface area contributed by atoms with Gasteiger partial charge in [0.2, 0.25) is 0 Å². The number of carbonyl (C=O) groups is 2. The lowest BCUT2D eigenvalue weighted by Crippen LogP contribution is -2.38. The van der Waals surface area contributed by atoms with E-state index in [0.717, 1.165) is 31.4 Å². The molecule has 106 valence electrons. The van der Waals surface area contributed by atoms with E-state index in [9.17, 15) is 14.0 Å². The van der Waals surface area contributed by atoms with Crippen molar-refractivity contribution in [2.45, 2.75) is 25.3 Å². The average molecular weight is 278 g/mol. The molecule has 1 aromatic rings. The fourth-order valence-electron chi connectivity index (χ4n) is 2.07. The van der Waals surface area contributed by atoms with Crippen LogP contribution in [0.2, 0.25) is 0 Å². The summed E-state index contributed by atoms with van der Waals surface area (Å²) in [5, 5.41) is 14.2. The Morgan fingerprint density at radius 3 is 2.75 bits per heavy atom. The first-order valence-electron chi connectivity index (χ1n) is 6.31. The summed E-state index contributed by atoms with van der Waals surface area (Å²) >= 11 is 0. The molecular formula is C14H15FN2O3. The van der Waals surface area contributed by atoms with Crippen LogP contribution >= 0.6 is 0 Å². The van der Waals surface area contributed by atoms with E-state index in [1.807, 2.05) is 6.08 Å². The van der Waals surface area contributed by atoms with E-state index in [1.165, 1.54) is 6.07 Å². The molecule has 3 N–H and O–H groups in total. The van der Waals surface area contributed by atoms with Gasteiger partial charge in [0.05, 0.1) is 11.3 Å². The number of nitrogens with one attached hydrogen (secondary N) is 2. The van der Waals surface area contributed by atoms with Crippen LogP contribution in [0.15, 0.2) is 30.4 Å². The van der Waals surface area contributed by atoms with Crippen molar-refractivity contribution >= 4 is 17.7 Å². The minimum atomic E-state index is -1.29. The molecule has 6 heteroatoms. The predicted molar refractivity (Wildman–Crippen MR) is 72.3 cm³/mol. The number of hydrogen-bond donors (Lipinski definition) is 3. The number of hydrogen-bond acceptors (Lipinski definition) is 2. The summed E-state index contributed by atoms with van der Waals surface area (Å²) in [6, 6.07) is 2.76. The summed E-state index contributed by atoms with van der Waals surface area (Å²) in [5.74, 6) is -1.95. The predicted octanol–water partition coefficient (Wildman–Crippen LogP) is 2.75. The molecule has 2 rings (SSSR count). The van der Waals surface area contributed by atoms with Gasteiger partial charge in [-0.1, -0.05) is 12.2 Å². The summed E-state index contributed by atoms with van der Waals surface area (Å²) in [5.41, 5.74) is -0.202. The first-order valence-corrected chi connectivity index (χ1v) is 6.31. The molecule has 0 bridgehead atoms. The monoisotopic (exact) mass is 278 g/mol. The van der Waals surface area contributed by atoms with Gasteiger partial charge in [-0.3, -0.25) is 0 Å². The van der Waals surface area contributed by atoms with Gasteiger partial charge in [0.1, 0.15) is 5.82 Å². The zero-order valence-electron chi connectivity index (χ0n) is 10.7. The van der Waals surface area contributed by atoms with Crippen molar-refractivity contribution in [3.05, 3.63) is 41.7 Å². The number of carboxylic acid groups (broad SMARTS) is 1. The van der Waals surface area contributed by atoms with Crippen LogP contribution in [0.25, 0.3) is 0 Å². The number of amides is 2. The molecule has 2 amide bonds. The van der Waals surface area contributed by atoms with Gasteiger partial charge in [0.15, 0.2) is 0 Å². The fourth-order valence-corrected chi connectivity index (χ4v) is 2.07. The van der Waals surface area contributed by atoms with Crippen molar-refractivity contribution in [1.29, 1.82) is 0 Å². The molecule has 1 unspecified atom stereocenters. The molecule has 0 saturated carbocycles. The molecule has 5 nitrogen and oxygen atoms in total. The highest BCUT2D eigenvalue weighted by molar-refractivity contribution is 6.00. The van der Waals surface area contributed by atoms with Crippen LogP contribution in [0, 0.1) is 5.82 Å². The molecule has 0 fully saturated rings. The number of urea groups is 1. The Labute approximate surface area is 115 Å². The van der Waals surface area contributed by atoms with Crippen molar-refractivity contribution in [2.24, 2.45) is 0 Å². The topological polar surface area (TPSA) is 78.4 Å². The standard InChI is InChI=1S/C14H15FN2O3/c15-9-6-7-12(11(8-9)13(18)19)17-14(20)16-10-4-2-1-3-5-10/h1-2,6-8,10H,3-5H2,(H,18,19)(H2,16,17,20). The summed E-state index contributed by atoms with van der Waals surface area (Å²) in [6.07, 6.45) is 6.55. The Morgan fingerprint density at radius 2 is 2.10 bits per heavy atom. The van der Waals surface area contributed by atoms with Gasteiger partial charge in [0, 0.05) is 6.04 Å². The Morgan fingerprint density at radius 1 is 1.30 bits per heavy atom. The van der Waals surface area contributed by atoms with Crippen LogP contribution < -0.4 is 10.6 Å². The summed E-state index contributed by atoms with van der Waals surface area (Å²) < 4.78 is 13.0. The van der Waals surface area contributed by atoms with Crippen LogP contribution in [0.3, 0.4) is 0 Å². The highest BCUT2D eigenvalue weighted by Crippen LogP contribution is 2.17. The second kappa shape index (κ2) is 6.18. The number of carbonyl (C=O) groups excluding carboxylic acids is 1. The van der Waals surface area contributed by atoms with Gasteiger partial charge < -0.3 is 15.7 Å². The van der Waals surface area contributed by atoms with Gasteiger partial charge in [0.25, 0.3) is 0 Å². The van der Waals surface area contributed by atoms with Crippen molar-refractivity contribution in [3.63, 3.8) is 0 Å². The third-order valence-electron chi connectivity index (χ3n) is 3.06. The first kappa shape index (κ1) is 14.0. The highest BCUT2D eigenvalue weighted by atomic mass is 19.1. The van der Waals surface area contributed by atoms with E-state index in [0.29, 0.717) is 0 Å². The van der Waals surface area contributed by atoms with Gasteiger partial charge in [-0.15, -0.1) is 0 Å². The van der Waals surface area contributed by atoms with E-state index < -0.39 is 17.8 Å². The lowest BCUT2D eigenvalue weighted by molar-refractivity contribution is 0.0697. The third kappa shape index (κ3) is 3.57. The average Bonchev–Trinajstić information content (AvgIpc) is 2.41. The zero-order chi connectivity index (χ0) is 14.5. The SMILES string of the molecule is O=C(Nc1ccc(F)cc1C(=O)O)NC1CC=CCC1. The highest BCUT2D eigenvalue weighted by Gasteiger charge is 2.16. The fraction of sp³-hybridized carbons (Fsp3) is 0.286. The Hall–Kier alpha value is -2.37. The van der Waals surface area contributed by atoms with Crippen LogP contribution in [0.5, 0.6) is 0 Å². The number of allylic oxidation sites excluding steroid dienone is 1. The van der Waals surface area contributed by atoms with Gasteiger partial charge in [-0.25, -0.2) is 14.0 Å². The zero-order valence-corrected chi connectivity index (χ0v) is 10.7. The molecule has 0 aromatic heterocycles. The number of halogens is 1. The maximum atomic E-state index is 13.0. The molecule has 1 aromatic carbocycles. The maximum Gasteiger partial charge on any atom is 0.337 e. The number of aromatic carboxylic acids is 1. The lowest BCUT2D eigenvalue weighted by Gasteiger charge is -2.20. The van der Waals surface area contributed by atoms with E-state index in [-0.39, 0.29) is 17.3 Å². The molecule has 1 atom stereocenters. The lowest BCUT2D eigenvalue weighted by atomic mass is 10.0. The summed E-state index contributed by atoms with van der Waals surface area (Å²) in [4.78, 5) is 22.8. The molecule has 0 saturated heterocycles. The van der Waals surface area contributed by atoms with Crippen LogP contribution in [-0.2, 0) is 0 Å². The number of anilines is 1. The van der Waals surface area contributed by atoms with Crippen molar-refractivity contribution in [3.8, 4) is 0 Å². The molecule has 0 spiro atoms. The second-order valence-corrected chi connectivity index (χ2v) is 4.57. The van der Waals surface area contributed by atoms with Gasteiger partial charge in [-0.2, -0.15) is 0 Å². The second-order valence-electron chi connectivity index (χ2n) is 4.57. The molecule has 20 heavy (non-hydrogen) atoms. The van der Waals surface area contributed by atoms with Gasteiger partial charge >= 0.3 is 12.0 Å². The molecule has 1 aliphatic rings. The van der Waals surface area contributed by atoms with E-state index in [2.05, 4.69) is 16.7 Å².